The second kappa shape index (κ2) is 12.1. The molecule has 38 heavy (non-hydrogen) atoms. The summed E-state index contributed by atoms with van der Waals surface area (Å²) in [7, 11) is -1.93. The van der Waals surface area contributed by atoms with Gasteiger partial charge >= 0.3 is 0 Å². The van der Waals surface area contributed by atoms with Gasteiger partial charge in [0.05, 0.1) is 12.8 Å². The van der Waals surface area contributed by atoms with E-state index in [1.807, 2.05) is 0 Å². The van der Waals surface area contributed by atoms with E-state index < -0.39 is 13.4 Å². The summed E-state index contributed by atoms with van der Waals surface area (Å²) in [5, 5.41) is 2.67. The van der Waals surface area contributed by atoms with Crippen LogP contribution in [-0.2, 0) is 19.0 Å². The van der Waals surface area contributed by atoms with E-state index in [-0.39, 0.29) is 0 Å². The van der Waals surface area contributed by atoms with E-state index in [9.17, 15) is 0 Å². The molecule has 0 bridgehead atoms. The van der Waals surface area contributed by atoms with Crippen LogP contribution in [0, 0.1) is 11.5 Å². The van der Waals surface area contributed by atoms with Crippen molar-refractivity contribution in [1.29, 1.82) is 0 Å². The first-order chi connectivity index (χ1) is 18.7. The van der Waals surface area contributed by atoms with Crippen LogP contribution in [0.2, 0.25) is 0 Å². The summed E-state index contributed by atoms with van der Waals surface area (Å²) >= 11 is 0. The van der Waals surface area contributed by atoms with Gasteiger partial charge in [0.1, 0.15) is 17.9 Å². The zero-order chi connectivity index (χ0) is 26.1. The maximum Gasteiger partial charge on any atom is 0.149 e. The summed E-state index contributed by atoms with van der Waals surface area (Å²) in [6.07, 6.45) is 1.74. The van der Waals surface area contributed by atoms with Gasteiger partial charge in [-0.1, -0.05) is 144 Å². The Morgan fingerprint density at radius 1 is 0.447 bits per heavy atom. The topological polar surface area (TPSA) is 0 Å². The van der Waals surface area contributed by atoms with Crippen LogP contribution in [0.5, 0.6) is 0 Å². The zero-order valence-electron chi connectivity index (χ0n) is 22.1. The predicted octanol–water partition coefficient (Wildman–Crippen LogP) is 7.58. The van der Waals surface area contributed by atoms with E-state index in [0.29, 0.717) is 0 Å². The lowest BCUT2D eigenvalue weighted by atomic mass is 9.19. The number of benzene rings is 5. The van der Waals surface area contributed by atoms with Gasteiger partial charge in [-0.25, -0.2) is 0 Å². The Morgan fingerprint density at radius 2 is 0.737 bits per heavy atom. The Balaban J connectivity index is 1.69. The van der Waals surface area contributed by atoms with Gasteiger partial charge in [-0.15, -0.1) is 19.0 Å². The molecule has 0 aliphatic carbocycles. The second-order valence-corrected chi connectivity index (χ2v) is 13.7. The fourth-order valence-corrected chi connectivity index (χ4v) is 8.19. The van der Waals surface area contributed by atoms with Crippen LogP contribution < -0.4 is 10.6 Å². The standard InChI is InChI=1S/C36H34BP/c1-38(35-23-13-5-14-24-35,36-25-15-6-16-26-36)28-27-37(29-32-17-7-2-8-18-32,30-33-19-9-3-10-20-33)31-34-21-11-4-12-22-34/h2-26H,29-31H2,1H3. The molecule has 0 atom stereocenters. The van der Waals surface area contributed by atoms with Gasteiger partial charge in [-0.3, -0.25) is 5.82 Å². The summed E-state index contributed by atoms with van der Waals surface area (Å²) in [5.41, 5.74) is 8.08. The minimum absolute atomic E-state index is 0.960. The van der Waals surface area contributed by atoms with Gasteiger partial charge in [0.25, 0.3) is 0 Å². The summed E-state index contributed by atoms with van der Waals surface area (Å²) in [6.45, 7) is 2.39. The highest BCUT2D eigenvalue weighted by Gasteiger charge is 2.36. The molecule has 0 nitrogen and oxygen atoms in total. The van der Waals surface area contributed by atoms with Crippen molar-refractivity contribution in [2.45, 2.75) is 19.0 Å². The van der Waals surface area contributed by atoms with Crippen molar-refractivity contribution in [3.05, 3.63) is 168 Å². The normalized spacial score (nSPS) is 11.4. The molecule has 5 rings (SSSR count). The lowest BCUT2D eigenvalue weighted by Gasteiger charge is -2.35. The Morgan fingerprint density at radius 3 is 1.05 bits per heavy atom. The first kappa shape index (κ1) is 25.8. The second-order valence-electron chi connectivity index (χ2n) is 10.5. The molecule has 0 aliphatic rings. The maximum absolute atomic E-state index is 4.08. The Hall–Kier alpha value is -3.85. The lowest BCUT2D eigenvalue weighted by molar-refractivity contribution is 1.16. The molecule has 0 radical (unpaired) electrons. The molecule has 0 aromatic heterocycles. The third-order valence-electron chi connectivity index (χ3n) is 7.55. The van der Waals surface area contributed by atoms with Crippen LogP contribution in [-0.4, -0.2) is 12.8 Å². The predicted molar refractivity (Wildman–Crippen MR) is 169 cm³/mol. The summed E-state index contributed by atoms with van der Waals surface area (Å²) < 4.78 is 0. The average molecular weight is 508 g/mol. The molecule has 0 N–H and O–H groups in total. The molecule has 0 saturated heterocycles. The zero-order valence-corrected chi connectivity index (χ0v) is 23.0. The highest BCUT2D eigenvalue weighted by Crippen LogP contribution is 2.51. The monoisotopic (exact) mass is 508 g/mol. The van der Waals surface area contributed by atoms with Gasteiger partial charge in [-0.05, 0) is 24.3 Å². The van der Waals surface area contributed by atoms with E-state index in [4.69, 9.17) is 0 Å². The average Bonchev–Trinajstić information content (AvgIpc) is 2.98. The lowest BCUT2D eigenvalue weighted by Crippen LogP contribution is -2.43. The van der Waals surface area contributed by atoms with Crippen molar-refractivity contribution in [2.75, 3.05) is 6.66 Å². The largest absolute Gasteiger partial charge is 0.271 e. The maximum atomic E-state index is 4.08. The van der Waals surface area contributed by atoms with Crippen LogP contribution in [0.25, 0.3) is 0 Å². The number of rotatable bonds is 8. The molecule has 2 heteroatoms. The summed E-state index contributed by atoms with van der Waals surface area (Å²) in [4.78, 5) is 0. The van der Waals surface area contributed by atoms with Crippen molar-refractivity contribution in [2.24, 2.45) is 0 Å². The van der Waals surface area contributed by atoms with E-state index in [0.717, 1.165) is 19.0 Å². The van der Waals surface area contributed by atoms with Crippen molar-refractivity contribution < 1.29 is 0 Å². The third kappa shape index (κ3) is 6.34. The van der Waals surface area contributed by atoms with E-state index in [1.165, 1.54) is 27.3 Å². The fraction of sp³-hybridized carbons (Fsp3) is 0.111. The Kier molecular flexibility index (Phi) is 8.23. The first-order valence-corrected chi connectivity index (χ1v) is 15.7. The summed E-state index contributed by atoms with van der Waals surface area (Å²) in [5.74, 6) is 4.08. The molecular formula is C36H34BP. The van der Waals surface area contributed by atoms with Crippen molar-refractivity contribution in [3.63, 3.8) is 0 Å². The van der Waals surface area contributed by atoms with E-state index in [1.54, 1.807) is 0 Å². The third-order valence-corrected chi connectivity index (χ3v) is 10.8. The summed E-state index contributed by atoms with van der Waals surface area (Å²) in [6, 6.07) is 54.6. The highest BCUT2D eigenvalue weighted by molar-refractivity contribution is 7.93. The van der Waals surface area contributed by atoms with Gasteiger partial charge < -0.3 is 0 Å². The molecule has 186 valence electrons. The Bertz CT molecular complexity index is 1330. The van der Waals surface area contributed by atoms with Crippen molar-refractivity contribution >= 4 is 24.0 Å². The van der Waals surface area contributed by atoms with Gasteiger partial charge in [0, 0.05) is 5.66 Å². The first-order valence-electron chi connectivity index (χ1n) is 13.5. The molecule has 0 heterocycles. The van der Waals surface area contributed by atoms with Gasteiger partial charge in [0.15, 0.2) is 0 Å². The Labute approximate surface area is 229 Å². The smallest absolute Gasteiger partial charge is 0.149 e. The van der Waals surface area contributed by atoms with Crippen molar-refractivity contribution in [3.8, 4) is 11.5 Å². The molecule has 5 aromatic carbocycles. The highest BCUT2D eigenvalue weighted by atomic mass is 31.2. The molecule has 0 fully saturated rings. The van der Waals surface area contributed by atoms with Gasteiger partial charge in [-0.2, -0.15) is 0 Å². The molecule has 0 spiro atoms. The van der Waals surface area contributed by atoms with E-state index in [2.05, 4.69) is 170 Å². The molecule has 0 unspecified atom stereocenters. The molecule has 0 aliphatic heterocycles. The molecular weight excluding hydrogens is 474 g/mol. The van der Waals surface area contributed by atoms with E-state index >= 15 is 0 Å². The van der Waals surface area contributed by atoms with Gasteiger partial charge in [0.2, 0.25) is 0 Å². The molecule has 5 aromatic rings. The quantitative estimate of drug-likeness (QED) is 0.115. The van der Waals surface area contributed by atoms with Crippen LogP contribution >= 0.6 is 7.26 Å². The van der Waals surface area contributed by atoms with Crippen molar-refractivity contribution in [1.82, 2.24) is 0 Å². The molecule has 0 saturated carbocycles. The molecule has 0 amide bonds. The van der Waals surface area contributed by atoms with Crippen LogP contribution in [0.3, 0.4) is 0 Å². The van der Waals surface area contributed by atoms with Crippen LogP contribution in [0.4, 0.5) is 0 Å². The minimum Gasteiger partial charge on any atom is -0.271 e. The van der Waals surface area contributed by atoms with Crippen LogP contribution in [0.15, 0.2) is 152 Å². The number of hydrogen-bond donors (Lipinski definition) is 0. The number of hydrogen-bond acceptors (Lipinski definition) is 0. The minimum atomic E-state index is -1.93. The fourth-order valence-electron chi connectivity index (χ4n) is 5.56. The van der Waals surface area contributed by atoms with Crippen LogP contribution in [0.1, 0.15) is 16.7 Å². The SMILES string of the molecule is C[P+](C#C[B-](Cc1ccccc1)(Cc1ccccc1)Cc1ccccc1)(c1ccccc1)c1ccccc1.